The normalized spacial score (nSPS) is 17.3. The molecule has 0 atom stereocenters. The highest BCUT2D eigenvalue weighted by atomic mass is 16.5. The van der Waals surface area contributed by atoms with Crippen molar-refractivity contribution < 1.29 is 14.3 Å². The number of amides is 2. The van der Waals surface area contributed by atoms with Crippen LogP contribution in [-0.2, 0) is 0 Å². The number of carbonyl (C=O) groups is 2. The van der Waals surface area contributed by atoms with E-state index in [0.717, 1.165) is 51.3 Å². The first-order valence-corrected chi connectivity index (χ1v) is 11.8. The fraction of sp³-hybridized carbons (Fsp3) is 0.481. The van der Waals surface area contributed by atoms with Gasteiger partial charge in [0.2, 0.25) is 0 Å². The van der Waals surface area contributed by atoms with Crippen molar-refractivity contribution in [3.63, 3.8) is 0 Å². The lowest BCUT2D eigenvalue weighted by Crippen LogP contribution is -2.38. The molecule has 4 rings (SSSR count). The van der Waals surface area contributed by atoms with Crippen LogP contribution in [0.25, 0.3) is 0 Å². The first-order chi connectivity index (χ1) is 15.4. The van der Waals surface area contributed by atoms with Crippen molar-refractivity contribution >= 4 is 11.8 Å². The van der Waals surface area contributed by atoms with Crippen molar-refractivity contribution in [2.75, 3.05) is 32.8 Å². The van der Waals surface area contributed by atoms with Gasteiger partial charge in [0.15, 0.2) is 0 Å². The molecule has 2 heterocycles. The van der Waals surface area contributed by atoms with Gasteiger partial charge in [0.25, 0.3) is 11.8 Å². The molecule has 32 heavy (non-hydrogen) atoms. The molecule has 2 aliphatic heterocycles. The van der Waals surface area contributed by atoms with Crippen molar-refractivity contribution in [1.29, 1.82) is 0 Å². The number of carbonyl (C=O) groups excluding carboxylic acids is 2. The molecule has 0 unspecified atom stereocenters. The van der Waals surface area contributed by atoms with Gasteiger partial charge in [-0.25, -0.2) is 0 Å². The summed E-state index contributed by atoms with van der Waals surface area (Å²) in [5, 5.41) is 0. The maximum Gasteiger partial charge on any atom is 0.261 e. The molecule has 2 aromatic carbocycles. The third-order valence-corrected chi connectivity index (χ3v) is 6.71. The van der Waals surface area contributed by atoms with E-state index < -0.39 is 0 Å². The summed E-state index contributed by atoms with van der Waals surface area (Å²) in [4.78, 5) is 28.8. The zero-order chi connectivity index (χ0) is 22.7. The fourth-order valence-electron chi connectivity index (χ4n) is 4.72. The first-order valence-electron chi connectivity index (χ1n) is 11.8. The summed E-state index contributed by atoms with van der Waals surface area (Å²) in [5.41, 5.74) is 3.58. The standard InChI is InChI=1S/C27H34N2O3/c1-19(2)22-10-9-20(3)17-25(22)32-18-21-11-15-28(16-12-21)13-6-14-29-26(30)23-7-4-5-8-24(23)27(29)31/h4-5,7-10,17,19,21H,6,11-16,18H2,1-3H3. The lowest BCUT2D eigenvalue weighted by molar-refractivity contribution is 0.0642. The zero-order valence-electron chi connectivity index (χ0n) is 19.5. The van der Waals surface area contributed by atoms with Crippen LogP contribution in [0.2, 0.25) is 0 Å². The molecule has 0 bridgehead atoms. The third kappa shape index (κ3) is 4.88. The molecule has 0 aliphatic carbocycles. The Balaban J connectivity index is 1.20. The van der Waals surface area contributed by atoms with E-state index in [9.17, 15) is 9.59 Å². The Morgan fingerprint density at radius 3 is 2.25 bits per heavy atom. The molecule has 0 spiro atoms. The van der Waals surface area contributed by atoms with Gasteiger partial charge in [0.05, 0.1) is 17.7 Å². The Morgan fingerprint density at radius 2 is 1.62 bits per heavy atom. The molecule has 0 radical (unpaired) electrons. The molecule has 0 aromatic heterocycles. The number of fused-ring (bicyclic) bond motifs is 1. The predicted molar refractivity (Wildman–Crippen MR) is 126 cm³/mol. The zero-order valence-corrected chi connectivity index (χ0v) is 19.5. The van der Waals surface area contributed by atoms with E-state index in [2.05, 4.69) is 43.9 Å². The van der Waals surface area contributed by atoms with Gasteiger partial charge >= 0.3 is 0 Å². The van der Waals surface area contributed by atoms with E-state index in [1.807, 2.05) is 12.1 Å². The van der Waals surface area contributed by atoms with Crippen molar-refractivity contribution in [2.45, 2.75) is 46.0 Å². The highest BCUT2D eigenvalue weighted by molar-refractivity contribution is 6.21. The molecule has 5 heteroatoms. The average Bonchev–Trinajstić information content (AvgIpc) is 3.03. The molecule has 1 fully saturated rings. The van der Waals surface area contributed by atoms with E-state index in [0.29, 0.717) is 29.5 Å². The van der Waals surface area contributed by atoms with Crippen LogP contribution in [0.15, 0.2) is 42.5 Å². The minimum atomic E-state index is -0.154. The number of likely N-dealkylation sites (tertiary alicyclic amines) is 1. The highest BCUT2D eigenvalue weighted by Crippen LogP contribution is 2.29. The number of benzene rings is 2. The second-order valence-corrected chi connectivity index (χ2v) is 9.45. The van der Waals surface area contributed by atoms with Gasteiger partial charge < -0.3 is 9.64 Å². The number of piperidine rings is 1. The molecular formula is C27H34N2O3. The largest absolute Gasteiger partial charge is 0.493 e. The summed E-state index contributed by atoms with van der Waals surface area (Å²) in [7, 11) is 0. The Hall–Kier alpha value is -2.66. The Labute approximate surface area is 191 Å². The Kier molecular flexibility index (Phi) is 6.95. The van der Waals surface area contributed by atoms with E-state index in [4.69, 9.17) is 4.74 Å². The van der Waals surface area contributed by atoms with E-state index in [1.54, 1.807) is 12.1 Å². The quantitative estimate of drug-likeness (QED) is 0.555. The van der Waals surface area contributed by atoms with Crippen molar-refractivity contribution in [1.82, 2.24) is 9.80 Å². The topological polar surface area (TPSA) is 49.9 Å². The smallest absolute Gasteiger partial charge is 0.261 e. The number of imide groups is 1. The van der Waals surface area contributed by atoms with Crippen LogP contribution < -0.4 is 4.74 Å². The summed E-state index contributed by atoms with van der Waals surface area (Å²) in [6.45, 7) is 10.8. The molecular weight excluding hydrogens is 400 g/mol. The Bertz CT molecular complexity index is 942. The van der Waals surface area contributed by atoms with Crippen LogP contribution >= 0.6 is 0 Å². The van der Waals surface area contributed by atoms with E-state index in [-0.39, 0.29) is 11.8 Å². The summed E-state index contributed by atoms with van der Waals surface area (Å²) in [6.07, 6.45) is 3.05. The summed E-state index contributed by atoms with van der Waals surface area (Å²) in [5.74, 6) is 1.75. The van der Waals surface area contributed by atoms with Crippen LogP contribution in [0.3, 0.4) is 0 Å². The van der Waals surface area contributed by atoms with Crippen LogP contribution in [0.1, 0.15) is 70.9 Å². The van der Waals surface area contributed by atoms with Crippen LogP contribution in [-0.4, -0.2) is 54.4 Å². The summed E-state index contributed by atoms with van der Waals surface area (Å²) in [6, 6.07) is 13.6. The third-order valence-electron chi connectivity index (χ3n) is 6.71. The number of rotatable bonds is 8. The van der Waals surface area contributed by atoms with E-state index in [1.165, 1.54) is 16.0 Å². The second-order valence-electron chi connectivity index (χ2n) is 9.45. The maximum atomic E-state index is 12.5. The van der Waals surface area contributed by atoms with Crippen molar-refractivity contribution in [3.8, 4) is 5.75 Å². The second kappa shape index (κ2) is 9.86. The van der Waals surface area contributed by atoms with Crippen LogP contribution in [0, 0.1) is 12.8 Å². The number of aryl methyl sites for hydroxylation is 1. The predicted octanol–water partition coefficient (Wildman–Crippen LogP) is 4.90. The van der Waals surface area contributed by atoms with Crippen LogP contribution in [0.4, 0.5) is 0 Å². The van der Waals surface area contributed by atoms with Gasteiger partial charge in [-0.2, -0.15) is 0 Å². The molecule has 2 aromatic rings. The number of hydrogen-bond donors (Lipinski definition) is 0. The molecule has 0 saturated carbocycles. The number of ether oxygens (including phenoxy) is 1. The molecule has 170 valence electrons. The monoisotopic (exact) mass is 434 g/mol. The first kappa shape index (κ1) is 22.5. The fourth-order valence-corrected chi connectivity index (χ4v) is 4.72. The van der Waals surface area contributed by atoms with Gasteiger partial charge in [0.1, 0.15) is 5.75 Å². The van der Waals surface area contributed by atoms with Gasteiger partial charge in [0, 0.05) is 6.54 Å². The van der Waals surface area contributed by atoms with Crippen LogP contribution in [0.5, 0.6) is 5.75 Å². The minimum Gasteiger partial charge on any atom is -0.493 e. The maximum absolute atomic E-state index is 12.5. The molecule has 2 amide bonds. The lowest BCUT2D eigenvalue weighted by Gasteiger charge is -2.32. The van der Waals surface area contributed by atoms with Gasteiger partial charge in [-0.1, -0.05) is 38.1 Å². The van der Waals surface area contributed by atoms with Crippen molar-refractivity contribution in [3.05, 3.63) is 64.7 Å². The lowest BCUT2D eigenvalue weighted by atomic mass is 9.97. The van der Waals surface area contributed by atoms with Crippen molar-refractivity contribution in [2.24, 2.45) is 5.92 Å². The Morgan fingerprint density at radius 1 is 0.969 bits per heavy atom. The number of nitrogens with zero attached hydrogens (tertiary/aromatic N) is 2. The summed E-state index contributed by atoms with van der Waals surface area (Å²) < 4.78 is 6.26. The number of hydrogen-bond acceptors (Lipinski definition) is 4. The highest BCUT2D eigenvalue weighted by Gasteiger charge is 2.34. The van der Waals surface area contributed by atoms with E-state index >= 15 is 0 Å². The molecule has 1 saturated heterocycles. The average molecular weight is 435 g/mol. The van der Waals surface area contributed by atoms with Gasteiger partial charge in [-0.3, -0.25) is 14.5 Å². The molecule has 2 aliphatic rings. The SMILES string of the molecule is Cc1ccc(C(C)C)c(OCC2CCN(CCCN3C(=O)c4ccccc4C3=O)CC2)c1. The molecule has 0 N–H and O–H groups in total. The molecule has 5 nitrogen and oxygen atoms in total. The summed E-state index contributed by atoms with van der Waals surface area (Å²) >= 11 is 0. The minimum absolute atomic E-state index is 0.154. The van der Waals surface area contributed by atoms with Gasteiger partial charge in [-0.15, -0.1) is 0 Å². The van der Waals surface area contributed by atoms with Gasteiger partial charge in [-0.05, 0) is 87.0 Å².